The molecule has 0 aromatic rings. The van der Waals surface area contributed by atoms with Crippen LogP contribution in [0, 0.1) is 0 Å². The van der Waals surface area contributed by atoms with Crippen molar-refractivity contribution in [1.29, 1.82) is 0 Å². The SMILES string of the molecule is COC(=O)C(C)(O)CN(C)CC1CCCN1. The average molecular weight is 230 g/mol. The first-order chi connectivity index (χ1) is 7.45. The molecule has 2 unspecified atom stereocenters. The highest BCUT2D eigenvalue weighted by Gasteiger charge is 2.33. The minimum atomic E-state index is -1.43. The molecule has 2 N–H and O–H groups in total. The summed E-state index contributed by atoms with van der Waals surface area (Å²) in [4.78, 5) is 13.2. The van der Waals surface area contributed by atoms with Gasteiger partial charge in [0.05, 0.1) is 7.11 Å². The van der Waals surface area contributed by atoms with Gasteiger partial charge in [-0.1, -0.05) is 0 Å². The first-order valence-corrected chi connectivity index (χ1v) is 5.68. The quantitative estimate of drug-likeness (QED) is 0.629. The van der Waals surface area contributed by atoms with Gasteiger partial charge in [0.15, 0.2) is 5.60 Å². The molecule has 1 saturated heterocycles. The first-order valence-electron chi connectivity index (χ1n) is 5.68. The third-order valence-corrected chi connectivity index (χ3v) is 2.90. The molecule has 0 aromatic carbocycles. The Bertz CT molecular complexity index is 237. The third-order valence-electron chi connectivity index (χ3n) is 2.90. The summed E-state index contributed by atoms with van der Waals surface area (Å²) in [5.41, 5.74) is -1.43. The molecule has 0 aliphatic carbocycles. The summed E-state index contributed by atoms with van der Waals surface area (Å²) in [6.45, 7) is 3.67. The molecule has 0 spiro atoms. The van der Waals surface area contributed by atoms with E-state index >= 15 is 0 Å². The fraction of sp³-hybridized carbons (Fsp3) is 0.909. The van der Waals surface area contributed by atoms with Crippen LogP contribution in [-0.2, 0) is 9.53 Å². The van der Waals surface area contributed by atoms with Gasteiger partial charge in [0, 0.05) is 19.1 Å². The van der Waals surface area contributed by atoms with Gasteiger partial charge in [-0.3, -0.25) is 0 Å². The maximum absolute atomic E-state index is 11.3. The van der Waals surface area contributed by atoms with Gasteiger partial charge in [-0.15, -0.1) is 0 Å². The van der Waals surface area contributed by atoms with E-state index in [1.807, 2.05) is 11.9 Å². The monoisotopic (exact) mass is 230 g/mol. The molecular formula is C11H22N2O3. The molecular weight excluding hydrogens is 208 g/mol. The smallest absolute Gasteiger partial charge is 0.338 e. The van der Waals surface area contributed by atoms with E-state index in [4.69, 9.17) is 0 Å². The van der Waals surface area contributed by atoms with E-state index in [1.165, 1.54) is 20.5 Å². The molecule has 0 amide bonds. The molecule has 1 aliphatic rings. The number of esters is 1. The second-order valence-corrected chi connectivity index (χ2v) is 4.76. The van der Waals surface area contributed by atoms with Crippen molar-refractivity contribution >= 4 is 5.97 Å². The van der Waals surface area contributed by atoms with Gasteiger partial charge in [-0.2, -0.15) is 0 Å². The van der Waals surface area contributed by atoms with E-state index in [0.717, 1.165) is 19.5 Å². The fourth-order valence-electron chi connectivity index (χ4n) is 2.16. The number of methoxy groups -OCH3 is 1. The zero-order valence-corrected chi connectivity index (χ0v) is 10.3. The highest BCUT2D eigenvalue weighted by atomic mass is 16.5. The molecule has 0 radical (unpaired) electrons. The van der Waals surface area contributed by atoms with Crippen molar-refractivity contribution < 1.29 is 14.6 Å². The van der Waals surface area contributed by atoms with E-state index in [0.29, 0.717) is 6.04 Å². The molecule has 1 rings (SSSR count). The predicted octanol–water partition coefficient (Wildman–Crippen LogP) is -0.406. The van der Waals surface area contributed by atoms with Crippen molar-refractivity contribution in [2.45, 2.75) is 31.4 Å². The van der Waals surface area contributed by atoms with Crippen LogP contribution in [0.3, 0.4) is 0 Å². The second-order valence-electron chi connectivity index (χ2n) is 4.76. The Kier molecular flexibility index (Phi) is 4.70. The van der Waals surface area contributed by atoms with Crippen LogP contribution < -0.4 is 5.32 Å². The van der Waals surface area contributed by atoms with Crippen LogP contribution in [0.2, 0.25) is 0 Å². The van der Waals surface area contributed by atoms with Crippen LogP contribution in [-0.4, -0.2) is 61.4 Å². The number of hydrogen-bond acceptors (Lipinski definition) is 5. The molecule has 5 nitrogen and oxygen atoms in total. The van der Waals surface area contributed by atoms with Crippen LogP contribution in [0.4, 0.5) is 0 Å². The summed E-state index contributed by atoms with van der Waals surface area (Å²) >= 11 is 0. The first kappa shape index (κ1) is 13.4. The summed E-state index contributed by atoms with van der Waals surface area (Å²) in [6, 6.07) is 0.471. The van der Waals surface area contributed by atoms with Gasteiger partial charge in [-0.25, -0.2) is 4.79 Å². The molecule has 1 fully saturated rings. The van der Waals surface area contributed by atoms with Crippen molar-refractivity contribution in [1.82, 2.24) is 10.2 Å². The van der Waals surface area contributed by atoms with Crippen molar-refractivity contribution in [2.75, 3.05) is 33.8 Å². The van der Waals surface area contributed by atoms with E-state index in [9.17, 15) is 9.90 Å². The Balaban J connectivity index is 2.37. The van der Waals surface area contributed by atoms with E-state index < -0.39 is 11.6 Å². The van der Waals surface area contributed by atoms with Gasteiger partial charge < -0.3 is 20.1 Å². The topological polar surface area (TPSA) is 61.8 Å². The molecule has 5 heteroatoms. The molecule has 0 saturated carbocycles. The average Bonchev–Trinajstić information content (AvgIpc) is 2.67. The van der Waals surface area contributed by atoms with Crippen molar-refractivity contribution in [2.24, 2.45) is 0 Å². The number of nitrogens with zero attached hydrogens (tertiary/aromatic N) is 1. The minimum absolute atomic E-state index is 0.290. The molecule has 0 aromatic heterocycles. The lowest BCUT2D eigenvalue weighted by Gasteiger charge is -2.28. The summed E-state index contributed by atoms with van der Waals surface area (Å²) in [7, 11) is 3.19. The molecule has 0 bridgehead atoms. The van der Waals surface area contributed by atoms with Crippen LogP contribution in [0.15, 0.2) is 0 Å². The number of likely N-dealkylation sites (N-methyl/N-ethyl adjacent to an activating group) is 1. The fourth-order valence-corrected chi connectivity index (χ4v) is 2.16. The Morgan fingerprint density at radius 1 is 1.69 bits per heavy atom. The number of aliphatic hydroxyl groups is 1. The van der Waals surface area contributed by atoms with Crippen molar-refractivity contribution in [3.05, 3.63) is 0 Å². The second kappa shape index (κ2) is 5.61. The summed E-state index contributed by atoms with van der Waals surface area (Å²) in [5, 5.41) is 13.3. The lowest BCUT2D eigenvalue weighted by atomic mass is 10.1. The summed E-state index contributed by atoms with van der Waals surface area (Å²) < 4.78 is 4.55. The lowest BCUT2D eigenvalue weighted by Crippen LogP contribution is -2.48. The van der Waals surface area contributed by atoms with E-state index in [1.54, 1.807) is 0 Å². The number of carbonyl (C=O) groups is 1. The standard InChI is InChI=1S/C11H22N2O3/c1-11(15,10(14)16-3)8-13(2)7-9-5-4-6-12-9/h9,12,15H,4-8H2,1-3H3. The van der Waals surface area contributed by atoms with Crippen LogP contribution in [0.1, 0.15) is 19.8 Å². The van der Waals surface area contributed by atoms with E-state index in [-0.39, 0.29) is 6.54 Å². The predicted molar refractivity (Wildman–Crippen MR) is 61.2 cm³/mol. The Morgan fingerprint density at radius 3 is 2.88 bits per heavy atom. The van der Waals surface area contributed by atoms with Crippen LogP contribution in [0.5, 0.6) is 0 Å². The number of carbonyl (C=O) groups excluding carboxylic acids is 1. The maximum atomic E-state index is 11.3. The Labute approximate surface area is 96.8 Å². The Hall–Kier alpha value is -0.650. The molecule has 16 heavy (non-hydrogen) atoms. The van der Waals surface area contributed by atoms with Crippen molar-refractivity contribution in [3.63, 3.8) is 0 Å². The molecule has 1 aliphatic heterocycles. The molecule has 1 heterocycles. The van der Waals surface area contributed by atoms with Crippen molar-refractivity contribution in [3.8, 4) is 0 Å². The zero-order chi connectivity index (χ0) is 12.2. The molecule has 94 valence electrons. The largest absolute Gasteiger partial charge is 0.467 e. The van der Waals surface area contributed by atoms with Gasteiger partial charge in [0.25, 0.3) is 0 Å². The highest BCUT2D eigenvalue weighted by molar-refractivity contribution is 5.78. The van der Waals surface area contributed by atoms with E-state index in [2.05, 4.69) is 10.1 Å². The Morgan fingerprint density at radius 2 is 2.38 bits per heavy atom. The number of hydrogen-bond donors (Lipinski definition) is 2. The minimum Gasteiger partial charge on any atom is -0.467 e. The number of nitrogens with one attached hydrogen (secondary N) is 1. The van der Waals surface area contributed by atoms with Gasteiger partial charge in [-0.05, 0) is 33.4 Å². The summed E-state index contributed by atoms with van der Waals surface area (Å²) in [6.07, 6.45) is 2.36. The number of ether oxygens (including phenoxy) is 1. The molecule has 2 atom stereocenters. The number of rotatable bonds is 5. The highest BCUT2D eigenvalue weighted by Crippen LogP contribution is 2.11. The van der Waals surface area contributed by atoms with Gasteiger partial charge >= 0.3 is 5.97 Å². The lowest BCUT2D eigenvalue weighted by molar-refractivity contribution is -0.162. The van der Waals surface area contributed by atoms with Crippen LogP contribution in [0.25, 0.3) is 0 Å². The van der Waals surface area contributed by atoms with Gasteiger partial charge in [0.2, 0.25) is 0 Å². The zero-order valence-electron chi connectivity index (χ0n) is 10.3. The maximum Gasteiger partial charge on any atom is 0.338 e. The third kappa shape index (κ3) is 3.73. The van der Waals surface area contributed by atoms with Gasteiger partial charge in [0.1, 0.15) is 0 Å². The van der Waals surface area contributed by atoms with Crippen LogP contribution >= 0.6 is 0 Å². The summed E-state index contributed by atoms with van der Waals surface area (Å²) in [5.74, 6) is -0.585. The normalized spacial score (nSPS) is 24.4.